The molecule has 1 aliphatic rings. The van der Waals surface area contributed by atoms with Gasteiger partial charge in [0.25, 0.3) is 0 Å². The van der Waals surface area contributed by atoms with E-state index in [1.165, 1.54) is 4.90 Å². The third-order valence-corrected chi connectivity index (χ3v) is 4.80. The van der Waals surface area contributed by atoms with Crippen LogP contribution in [0.3, 0.4) is 0 Å². The summed E-state index contributed by atoms with van der Waals surface area (Å²) in [5.74, 6) is 0.240. The van der Waals surface area contributed by atoms with Crippen LogP contribution in [-0.2, 0) is 0 Å². The summed E-state index contributed by atoms with van der Waals surface area (Å²) in [5.41, 5.74) is -0.553. The van der Waals surface area contributed by atoms with Gasteiger partial charge in [0.05, 0.1) is 5.60 Å². The molecule has 17 heavy (non-hydrogen) atoms. The second-order valence-electron chi connectivity index (χ2n) is 5.04. The zero-order valence-electron chi connectivity index (χ0n) is 10.5. The average Bonchev–Trinajstić information content (AvgIpc) is 2.44. The van der Waals surface area contributed by atoms with Gasteiger partial charge in [-0.05, 0) is 31.9 Å². The first-order chi connectivity index (χ1) is 8.08. The van der Waals surface area contributed by atoms with E-state index in [0.29, 0.717) is 5.25 Å². The maximum atomic E-state index is 10.2. The molecule has 0 unspecified atom stereocenters. The lowest BCUT2D eigenvalue weighted by Gasteiger charge is -2.26. The lowest BCUT2D eigenvalue weighted by Crippen LogP contribution is -2.30. The first kappa shape index (κ1) is 12.7. The summed E-state index contributed by atoms with van der Waals surface area (Å²) in [7, 11) is 0. The first-order valence-corrected chi connectivity index (χ1v) is 7.08. The molecule has 0 saturated heterocycles. The minimum atomic E-state index is -0.553. The first-order valence-electron chi connectivity index (χ1n) is 6.20. The molecule has 1 aliphatic carbocycles. The fourth-order valence-electron chi connectivity index (χ4n) is 2.03. The van der Waals surface area contributed by atoms with Gasteiger partial charge in [0.15, 0.2) is 0 Å². The van der Waals surface area contributed by atoms with Crippen LogP contribution in [0.15, 0.2) is 47.4 Å². The quantitative estimate of drug-likeness (QED) is 0.801. The fraction of sp³-hybridized carbons (Fsp3) is 0.467. The molecule has 1 aromatic rings. The number of benzene rings is 1. The highest BCUT2D eigenvalue weighted by Crippen LogP contribution is 2.34. The Hall–Kier alpha value is -0.730. The van der Waals surface area contributed by atoms with Crippen LogP contribution in [0, 0.1) is 5.92 Å². The predicted molar refractivity (Wildman–Crippen MR) is 74.2 cm³/mol. The molecule has 3 atom stereocenters. The molecule has 0 fully saturated rings. The lowest BCUT2D eigenvalue weighted by atomic mass is 9.88. The molecule has 1 N–H and O–H groups in total. The third-order valence-electron chi connectivity index (χ3n) is 3.56. The highest BCUT2D eigenvalue weighted by molar-refractivity contribution is 8.00. The fourth-order valence-corrected chi connectivity index (χ4v) is 3.10. The van der Waals surface area contributed by atoms with E-state index in [9.17, 15) is 5.11 Å². The van der Waals surface area contributed by atoms with Crippen LogP contribution in [-0.4, -0.2) is 16.0 Å². The maximum absolute atomic E-state index is 10.2. The Morgan fingerprint density at radius 1 is 1.24 bits per heavy atom. The van der Waals surface area contributed by atoms with Gasteiger partial charge in [-0.2, -0.15) is 0 Å². The van der Waals surface area contributed by atoms with Crippen LogP contribution in [0.5, 0.6) is 0 Å². The largest absolute Gasteiger partial charge is 0.390 e. The van der Waals surface area contributed by atoms with Crippen molar-refractivity contribution in [3.05, 3.63) is 42.5 Å². The molecule has 1 nitrogen and oxygen atoms in total. The number of thioether (sulfide) groups is 1. The summed E-state index contributed by atoms with van der Waals surface area (Å²) in [5, 5.41) is 10.7. The van der Waals surface area contributed by atoms with E-state index < -0.39 is 5.60 Å². The second-order valence-corrected chi connectivity index (χ2v) is 6.35. The number of rotatable bonds is 2. The van der Waals surface area contributed by atoms with Crippen molar-refractivity contribution in [2.75, 3.05) is 0 Å². The molecule has 92 valence electrons. The van der Waals surface area contributed by atoms with E-state index in [-0.39, 0.29) is 5.92 Å². The van der Waals surface area contributed by atoms with E-state index in [1.807, 2.05) is 24.8 Å². The molecule has 0 heterocycles. The van der Waals surface area contributed by atoms with Gasteiger partial charge in [0.2, 0.25) is 0 Å². The Bertz CT molecular complexity index is 383. The molecular weight excluding hydrogens is 228 g/mol. The van der Waals surface area contributed by atoms with E-state index in [2.05, 4.69) is 43.3 Å². The van der Waals surface area contributed by atoms with Crippen LogP contribution in [0.25, 0.3) is 0 Å². The van der Waals surface area contributed by atoms with Crippen LogP contribution >= 0.6 is 11.8 Å². The molecule has 0 aromatic heterocycles. The summed E-state index contributed by atoms with van der Waals surface area (Å²) in [6.45, 7) is 4.03. The van der Waals surface area contributed by atoms with Crippen molar-refractivity contribution in [1.29, 1.82) is 0 Å². The van der Waals surface area contributed by atoms with E-state index in [4.69, 9.17) is 0 Å². The van der Waals surface area contributed by atoms with Crippen molar-refractivity contribution in [2.24, 2.45) is 5.92 Å². The van der Waals surface area contributed by atoms with Crippen LogP contribution in [0.1, 0.15) is 26.7 Å². The summed E-state index contributed by atoms with van der Waals surface area (Å²) in [6.07, 6.45) is 6.32. The Balaban J connectivity index is 2.03. The Morgan fingerprint density at radius 3 is 2.65 bits per heavy atom. The Morgan fingerprint density at radius 2 is 1.94 bits per heavy atom. The topological polar surface area (TPSA) is 20.2 Å². The Kier molecular flexibility index (Phi) is 3.95. The summed E-state index contributed by atoms with van der Waals surface area (Å²) < 4.78 is 0. The minimum Gasteiger partial charge on any atom is -0.390 e. The predicted octanol–water partition coefficient (Wildman–Crippen LogP) is 3.88. The number of aliphatic hydroxyl groups is 1. The van der Waals surface area contributed by atoms with E-state index >= 15 is 0 Å². The monoisotopic (exact) mass is 248 g/mol. The standard InChI is InChI=1S/C15H20OS/c1-12-8-9-14(10-11-15(12,2)16)17-13-6-4-3-5-7-13/h3-9,12,14,16H,10-11H2,1-2H3/t12-,14+,15-/m1/s1. The van der Waals surface area contributed by atoms with Gasteiger partial charge in [0, 0.05) is 16.1 Å². The van der Waals surface area contributed by atoms with Crippen molar-refractivity contribution < 1.29 is 5.11 Å². The number of hydrogen-bond donors (Lipinski definition) is 1. The third kappa shape index (κ3) is 3.36. The smallest absolute Gasteiger partial charge is 0.0679 e. The van der Waals surface area contributed by atoms with Crippen molar-refractivity contribution in [3.63, 3.8) is 0 Å². The van der Waals surface area contributed by atoms with E-state index in [1.54, 1.807) is 0 Å². The number of hydrogen-bond acceptors (Lipinski definition) is 2. The zero-order valence-corrected chi connectivity index (χ0v) is 11.3. The molecule has 0 amide bonds. The molecule has 1 aromatic carbocycles. The van der Waals surface area contributed by atoms with Crippen molar-refractivity contribution in [3.8, 4) is 0 Å². The summed E-state index contributed by atoms with van der Waals surface area (Å²) in [6, 6.07) is 10.5. The van der Waals surface area contributed by atoms with Gasteiger partial charge in [-0.3, -0.25) is 0 Å². The van der Waals surface area contributed by atoms with Crippen LogP contribution < -0.4 is 0 Å². The highest BCUT2D eigenvalue weighted by atomic mass is 32.2. The second kappa shape index (κ2) is 5.28. The molecule has 2 heteroatoms. The molecule has 0 bridgehead atoms. The summed E-state index contributed by atoms with van der Waals surface area (Å²) >= 11 is 1.88. The van der Waals surface area contributed by atoms with Gasteiger partial charge in [0.1, 0.15) is 0 Å². The molecule has 0 saturated carbocycles. The van der Waals surface area contributed by atoms with Gasteiger partial charge in [-0.1, -0.05) is 37.3 Å². The molecule has 0 radical (unpaired) electrons. The normalized spacial score (nSPS) is 33.4. The highest BCUT2D eigenvalue weighted by Gasteiger charge is 2.29. The molecule has 2 rings (SSSR count). The van der Waals surface area contributed by atoms with E-state index in [0.717, 1.165) is 12.8 Å². The molecular formula is C15H20OS. The lowest BCUT2D eigenvalue weighted by molar-refractivity contribution is 0.0169. The van der Waals surface area contributed by atoms with Crippen molar-refractivity contribution >= 4 is 11.8 Å². The van der Waals surface area contributed by atoms with Crippen LogP contribution in [0.2, 0.25) is 0 Å². The SMILES string of the molecule is C[C@@H]1C=C[C@H](Sc2ccccc2)CC[C@@]1(C)O. The Labute approximate surface area is 108 Å². The van der Waals surface area contributed by atoms with Gasteiger partial charge in [-0.25, -0.2) is 0 Å². The van der Waals surface area contributed by atoms with Crippen molar-refractivity contribution in [1.82, 2.24) is 0 Å². The summed E-state index contributed by atoms with van der Waals surface area (Å²) in [4.78, 5) is 1.30. The average molecular weight is 248 g/mol. The van der Waals surface area contributed by atoms with Gasteiger partial charge in [-0.15, -0.1) is 11.8 Å². The minimum absolute atomic E-state index is 0.240. The van der Waals surface area contributed by atoms with Gasteiger partial charge < -0.3 is 5.11 Å². The molecule has 0 spiro atoms. The maximum Gasteiger partial charge on any atom is 0.0679 e. The van der Waals surface area contributed by atoms with Crippen LogP contribution in [0.4, 0.5) is 0 Å². The zero-order chi connectivity index (χ0) is 12.3. The van der Waals surface area contributed by atoms with Gasteiger partial charge >= 0.3 is 0 Å². The van der Waals surface area contributed by atoms with Crippen molar-refractivity contribution in [2.45, 2.75) is 42.4 Å². The molecule has 0 aliphatic heterocycles.